The maximum atomic E-state index is 6.54. The zero-order valence-corrected chi connectivity index (χ0v) is 6.39. The smallest absolute Gasteiger partial charge is 0.0177 e. The molecule has 1 N–H and O–H groups in total. The molecule has 1 nitrogen and oxygen atoms in total. The van der Waals surface area contributed by atoms with E-state index in [1.165, 1.54) is 6.21 Å². The standard InChI is InChI=1S/C6H9N.C2H6/c1-2-3-4-5-6-7;1-2/h2-7H,1H3;1-2H3/b3-2-,5-4-,7-6?;. The van der Waals surface area contributed by atoms with E-state index < -0.39 is 0 Å². The Labute approximate surface area is 57.6 Å². The lowest BCUT2D eigenvalue weighted by Crippen LogP contribution is -1.52. The second kappa shape index (κ2) is 15.7. The molecule has 0 aliphatic heterocycles. The number of hydrogen-bond donors (Lipinski definition) is 1. The summed E-state index contributed by atoms with van der Waals surface area (Å²) in [6.07, 6.45) is 8.53. The fourth-order valence-corrected chi connectivity index (χ4v) is 0.231. The summed E-state index contributed by atoms with van der Waals surface area (Å²) in [6, 6.07) is 0. The summed E-state index contributed by atoms with van der Waals surface area (Å²) in [7, 11) is 0. The maximum Gasteiger partial charge on any atom is 0.0177 e. The van der Waals surface area contributed by atoms with Gasteiger partial charge in [-0.2, -0.15) is 0 Å². The van der Waals surface area contributed by atoms with Gasteiger partial charge in [0.1, 0.15) is 0 Å². The second-order valence-electron chi connectivity index (χ2n) is 1.08. The molecular weight excluding hydrogens is 110 g/mol. The lowest BCUT2D eigenvalue weighted by atomic mass is 10.4. The number of allylic oxidation sites excluding steroid dienone is 4. The predicted molar refractivity (Wildman–Crippen MR) is 44.1 cm³/mol. The highest BCUT2D eigenvalue weighted by atomic mass is 14.3. The van der Waals surface area contributed by atoms with Crippen molar-refractivity contribution in [2.24, 2.45) is 0 Å². The number of hydrogen-bond acceptors (Lipinski definition) is 1. The van der Waals surface area contributed by atoms with E-state index in [0.717, 1.165) is 0 Å². The molecule has 0 amide bonds. The highest BCUT2D eigenvalue weighted by Gasteiger charge is 1.53. The van der Waals surface area contributed by atoms with Crippen LogP contribution in [-0.2, 0) is 0 Å². The highest BCUT2D eigenvalue weighted by molar-refractivity contribution is 5.67. The van der Waals surface area contributed by atoms with E-state index in [1.54, 1.807) is 6.08 Å². The van der Waals surface area contributed by atoms with E-state index in [4.69, 9.17) is 5.41 Å². The maximum absolute atomic E-state index is 6.54. The zero-order chi connectivity index (χ0) is 7.54. The lowest BCUT2D eigenvalue weighted by molar-refractivity contribution is 1.50. The van der Waals surface area contributed by atoms with Crippen LogP contribution in [0, 0.1) is 5.41 Å². The Bertz CT molecular complexity index is 90.7. The van der Waals surface area contributed by atoms with Gasteiger partial charge in [0.05, 0.1) is 0 Å². The first kappa shape index (κ1) is 11.0. The van der Waals surface area contributed by atoms with E-state index in [-0.39, 0.29) is 0 Å². The molecule has 0 fully saturated rings. The van der Waals surface area contributed by atoms with Gasteiger partial charge in [0.15, 0.2) is 0 Å². The van der Waals surface area contributed by atoms with Gasteiger partial charge in [-0.1, -0.05) is 32.1 Å². The Hall–Kier alpha value is -0.850. The minimum absolute atomic E-state index is 1.25. The number of rotatable bonds is 2. The van der Waals surface area contributed by atoms with E-state index in [0.29, 0.717) is 0 Å². The fraction of sp³-hybridized carbons (Fsp3) is 0.375. The summed E-state index contributed by atoms with van der Waals surface area (Å²) in [5.41, 5.74) is 0. The van der Waals surface area contributed by atoms with E-state index in [9.17, 15) is 0 Å². The third-order valence-electron chi connectivity index (χ3n) is 0.511. The van der Waals surface area contributed by atoms with Gasteiger partial charge in [-0.25, -0.2) is 0 Å². The van der Waals surface area contributed by atoms with Gasteiger partial charge in [-0.15, -0.1) is 0 Å². The first-order valence-corrected chi connectivity index (χ1v) is 3.20. The van der Waals surface area contributed by atoms with Crippen LogP contribution in [0.1, 0.15) is 20.8 Å². The predicted octanol–water partition coefficient (Wildman–Crippen LogP) is 2.79. The molecule has 0 atom stereocenters. The van der Waals surface area contributed by atoms with Gasteiger partial charge in [0.25, 0.3) is 0 Å². The average molecular weight is 125 g/mol. The van der Waals surface area contributed by atoms with Gasteiger partial charge < -0.3 is 5.41 Å². The number of nitrogens with one attached hydrogen (secondary N) is 1. The summed E-state index contributed by atoms with van der Waals surface area (Å²) in [5, 5.41) is 6.54. The minimum atomic E-state index is 1.25. The Morgan fingerprint density at radius 2 is 1.56 bits per heavy atom. The first-order valence-electron chi connectivity index (χ1n) is 3.20. The normalized spacial score (nSPS) is 9.22. The van der Waals surface area contributed by atoms with Crippen molar-refractivity contribution in [3.8, 4) is 0 Å². The molecule has 0 heterocycles. The van der Waals surface area contributed by atoms with Crippen LogP contribution in [0.15, 0.2) is 24.3 Å². The molecule has 0 saturated carbocycles. The molecule has 0 aromatic carbocycles. The largest absolute Gasteiger partial charge is 0.309 e. The van der Waals surface area contributed by atoms with Crippen LogP contribution in [0.3, 0.4) is 0 Å². The molecule has 0 bridgehead atoms. The molecule has 0 aliphatic rings. The Morgan fingerprint density at radius 3 is 1.89 bits per heavy atom. The molecule has 9 heavy (non-hydrogen) atoms. The van der Waals surface area contributed by atoms with Crippen LogP contribution in [0.2, 0.25) is 0 Å². The van der Waals surface area contributed by atoms with Crippen LogP contribution in [0.5, 0.6) is 0 Å². The van der Waals surface area contributed by atoms with Crippen molar-refractivity contribution in [2.75, 3.05) is 0 Å². The van der Waals surface area contributed by atoms with E-state index in [2.05, 4.69) is 0 Å². The van der Waals surface area contributed by atoms with Gasteiger partial charge in [0, 0.05) is 6.21 Å². The highest BCUT2D eigenvalue weighted by Crippen LogP contribution is 1.70. The molecule has 0 rings (SSSR count). The molecule has 0 aliphatic carbocycles. The Kier molecular flexibility index (Phi) is 19.2. The van der Waals surface area contributed by atoms with Gasteiger partial charge in [-0.3, -0.25) is 0 Å². The van der Waals surface area contributed by atoms with Crippen LogP contribution >= 0.6 is 0 Å². The summed E-state index contributed by atoms with van der Waals surface area (Å²) < 4.78 is 0. The van der Waals surface area contributed by atoms with Gasteiger partial charge in [0.2, 0.25) is 0 Å². The van der Waals surface area contributed by atoms with Gasteiger partial charge >= 0.3 is 0 Å². The van der Waals surface area contributed by atoms with Crippen molar-refractivity contribution in [3.63, 3.8) is 0 Å². The van der Waals surface area contributed by atoms with Gasteiger partial charge in [-0.05, 0) is 13.0 Å². The SMILES string of the molecule is C/C=C\C=C/C=N.CC. The van der Waals surface area contributed by atoms with Crippen molar-refractivity contribution in [3.05, 3.63) is 24.3 Å². The third-order valence-corrected chi connectivity index (χ3v) is 0.511. The fourth-order valence-electron chi connectivity index (χ4n) is 0.231. The van der Waals surface area contributed by atoms with Crippen molar-refractivity contribution >= 4 is 6.21 Å². The Morgan fingerprint density at radius 1 is 1.00 bits per heavy atom. The van der Waals surface area contributed by atoms with Crippen LogP contribution in [-0.4, -0.2) is 6.21 Å². The van der Waals surface area contributed by atoms with Crippen molar-refractivity contribution < 1.29 is 0 Å². The summed E-state index contributed by atoms with van der Waals surface area (Å²) in [6.45, 7) is 5.94. The quantitative estimate of drug-likeness (QED) is 0.433. The molecular formula is C8H15N. The van der Waals surface area contributed by atoms with Crippen LogP contribution < -0.4 is 0 Å². The molecule has 0 aromatic rings. The second-order valence-corrected chi connectivity index (χ2v) is 1.08. The van der Waals surface area contributed by atoms with Crippen LogP contribution in [0.25, 0.3) is 0 Å². The van der Waals surface area contributed by atoms with Crippen molar-refractivity contribution in [2.45, 2.75) is 20.8 Å². The molecule has 0 spiro atoms. The topological polar surface area (TPSA) is 23.9 Å². The van der Waals surface area contributed by atoms with E-state index in [1.807, 2.05) is 39.0 Å². The molecule has 0 radical (unpaired) electrons. The Balaban J connectivity index is 0. The molecule has 52 valence electrons. The summed E-state index contributed by atoms with van der Waals surface area (Å²) >= 11 is 0. The summed E-state index contributed by atoms with van der Waals surface area (Å²) in [5.74, 6) is 0. The van der Waals surface area contributed by atoms with Crippen molar-refractivity contribution in [1.29, 1.82) is 5.41 Å². The third kappa shape index (κ3) is 19.1. The monoisotopic (exact) mass is 125 g/mol. The lowest BCUT2D eigenvalue weighted by Gasteiger charge is -1.64. The molecule has 1 heteroatoms. The van der Waals surface area contributed by atoms with Crippen LogP contribution in [0.4, 0.5) is 0 Å². The van der Waals surface area contributed by atoms with Crippen molar-refractivity contribution in [1.82, 2.24) is 0 Å². The zero-order valence-electron chi connectivity index (χ0n) is 6.39. The minimum Gasteiger partial charge on any atom is -0.309 e. The average Bonchev–Trinajstić information content (AvgIpc) is 1.94. The first-order chi connectivity index (χ1) is 4.41. The molecule has 0 saturated heterocycles. The van der Waals surface area contributed by atoms with E-state index >= 15 is 0 Å². The molecule has 0 aromatic heterocycles. The molecule has 0 unspecified atom stereocenters. The summed E-state index contributed by atoms with van der Waals surface area (Å²) in [4.78, 5) is 0.